The van der Waals surface area contributed by atoms with E-state index in [4.69, 9.17) is 25.5 Å². The molecular formula is C23H28ClFN4O5. The van der Waals surface area contributed by atoms with Crippen LogP contribution in [0.15, 0.2) is 29.2 Å². The minimum absolute atomic E-state index is 0.0206. The Bertz CT molecular complexity index is 1050. The van der Waals surface area contributed by atoms with E-state index in [0.29, 0.717) is 37.4 Å². The first-order chi connectivity index (χ1) is 16.0. The van der Waals surface area contributed by atoms with Gasteiger partial charge in [0.15, 0.2) is 6.61 Å². The zero-order valence-electron chi connectivity index (χ0n) is 19.4. The van der Waals surface area contributed by atoms with E-state index in [0.717, 1.165) is 6.07 Å². The van der Waals surface area contributed by atoms with Crippen molar-refractivity contribution in [2.75, 3.05) is 26.2 Å². The first-order valence-electron chi connectivity index (χ1n) is 10.9. The van der Waals surface area contributed by atoms with E-state index in [9.17, 15) is 14.0 Å². The maximum absolute atomic E-state index is 13.4. The van der Waals surface area contributed by atoms with Gasteiger partial charge in [0.05, 0.1) is 10.9 Å². The largest absolute Gasteiger partial charge is 0.484 e. The molecule has 0 unspecified atom stereocenters. The molecule has 1 aromatic carbocycles. The van der Waals surface area contributed by atoms with E-state index in [1.807, 2.05) is 20.8 Å². The van der Waals surface area contributed by atoms with Crippen molar-refractivity contribution >= 4 is 29.2 Å². The molecule has 2 amide bonds. The van der Waals surface area contributed by atoms with Crippen molar-refractivity contribution in [2.45, 2.75) is 45.1 Å². The molecule has 11 heteroatoms. The molecule has 2 heterocycles. The zero-order chi connectivity index (χ0) is 24.9. The Kier molecular flexibility index (Phi) is 8.14. The summed E-state index contributed by atoms with van der Waals surface area (Å²) in [5.74, 6) is -0.136. The van der Waals surface area contributed by atoms with Crippen molar-refractivity contribution in [2.24, 2.45) is 0 Å². The third kappa shape index (κ3) is 7.18. The highest BCUT2D eigenvalue weighted by Crippen LogP contribution is 2.28. The van der Waals surface area contributed by atoms with Crippen LogP contribution in [0.5, 0.6) is 5.75 Å². The highest BCUT2D eigenvalue weighted by molar-refractivity contribution is 6.30. The van der Waals surface area contributed by atoms with Gasteiger partial charge in [0.1, 0.15) is 17.2 Å². The van der Waals surface area contributed by atoms with Gasteiger partial charge in [-0.25, -0.2) is 9.18 Å². The number of nitrogens with zero attached hydrogens (tertiary/aromatic N) is 3. The number of nitrogens with one attached hydrogen (secondary N) is 1. The molecule has 3 rings (SSSR count). The highest BCUT2D eigenvalue weighted by atomic mass is 35.5. The molecule has 9 nitrogen and oxygen atoms in total. The van der Waals surface area contributed by atoms with E-state index in [1.165, 1.54) is 12.1 Å². The van der Waals surface area contributed by atoms with Gasteiger partial charge < -0.3 is 24.1 Å². The van der Waals surface area contributed by atoms with Gasteiger partial charge in [0, 0.05) is 31.3 Å². The topological polar surface area (TPSA) is 107 Å². The summed E-state index contributed by atoms with van der Waals surface area (Å²) in [7, 11) is 0. The highest BCUT2D eigenvalue weighted by Gasteiger charge is 2.33. The smallest absolute Gasteiger partial charge is 0.410 e. The molecule has 34 heavy (non-hydrogen) atoms. The Balaban J connectivity index is 1.41. The minimum Gasteiger partial charge on any atom is -0.484 e. The van der Waals surface area contributed by atoms with E-state index >= 15 is 0 Å². The van der Waals surface area contributed by atoms with E-state index in [2.05, 4.69) is 22.1 Å². The van der Waals surface area contributed by atoms with Crippen LogP contribution < -0.4 is 10.1 Å². The first-order valence-corrected chi connectivity index (χ1v) is 11.2. The molecule has 1 fully saturated rings. The molecule has 1 atom stereocenters. The summed E-state index contributed by atoms with van der Waals surface area (Å²) in [6.45, 7) is 10.4. The lowest BCUT2D eigenvalue weighted by Gasteiger charge is -2.24. The van der Waals surface area contributed by atoms with Crippen LogP contribution >= 0.6 is 11.6 Å². The van der Waals surface area contributed by atoms with Crippen molar-refractivity contribution in [1.82, 2.24) is 20.4 Å². The maximum atomic E-state index is 13.4. The minimum atomic E-state index is -0.620. The molecular weight excluding hydrogens is 467 g/mol. The van der Waals surface area contributed by atoms with Gasteiger partial charge in [-0.3, -0.25) is 4.79 Å². The predicted molar refractivity (Wildman–Crippen MR) is 123 cm³/mol. The van der Waals surface area contributed by atoms with Gasteiger partial charge in [0.2, 0.25) is 11.8 Å². The molecule has 1 aromatic heterocycles. The number of hydrogen-bond acceptors (Lipinski definition) is 7. The molecule has 0 radical (unpaired) electrons. The van der Waals surface area contributed by atoms with Crippen LogP contribution in [0.1, 0.15) is 51.3 Å². The number of ether oxygens (including phenoxy) is 2. The molecule has 2 aromatic rings. The second kappa shape index (κ2) is 10.9. The second-order valence-corrected chi connectivity index (χ2v) is 9.33. The van der Waals surface area contributed by atoms with Crippen molar-refractivity contribution in [3.8, 4) is 5.75 Å². The molecule has 0 bridgehead atoms. The quantitative estimate of drug-likeness (QED) is 0.586. The van der Waals surface area contributed by atoms with Crippen LogP contribution in [0.25, 0.3) is 5.57 Å². The van der Waals surface area contributed by atoms with Crippen LogP contribution in [0, 0.1) is 5.82 Å². The Morgan fingerprint density at radius 3 is 2.82 bits per heavy atom. The zero-order valence-corrected chi connectivity index (χ0v) is 20.2. The Morgan fingerprint density at radius 2 is 2.12 bits per heavy atom. The van der Waals surface area contributed by atoms with Crippen LogP contribution in [0.4, 0.5) is 9.18 Å². The summed E-state index contributed by atoms with van der Waals surface area (Å²) in [5, 5.41) is 10.8. The lowest BCUT2D eigenvalue weighted by Crippen LogP contribution is -2.35. The summed E-state index contributed by atoms with van der Waals surface area (Å²) < 4.78 is 29.8. The van der Waals surface area contributed by atoms with Gasteiger partial charge in [-0.05, 0) is 45.7 Å². The molecule has 0 spiro atoms. The number of carbonyl (C=O) groups excluding carboxylic acids is 2. The lowest BCUT2D eigenvalue weighted by molar-refractivity contribution is -0.123. The monoisotopic (exact) mass is 494 g/mol. The van der Waals surface area contributed by atoms with Crippen LogP contribution in [0.3, 0.4) is 0 Å². The first kappa shape index (κ1) is 25.5. The molecule has 1 aliphatic rings. The fourth-order valence-corrected chi connectivity index (χ4v) is 3.34. The molecule has 1 N–H and O–H groups in total. The molecule has 0 saturated carbocycles. The van der Waals surface area contributed by atoms with Crippen molar-refractivity contribution in [3.63, 3.8) is 0 Å². The van der Waals surface area contributed by atoms with E-state index < -0.39 is 11.4 Å². The summed E-state index contributed by atoms with van der Waals surface area (Å²) in [4.78, 5) is 25.8. The van der Waals surface area contributed by atoms with Crippen molar-refractivity contribution in [1.29, 1.82) is 0 Å². The number of likely N-dealkylation sites (tertiary alicyclic amines) is 1. The number of hydrogen-bond donors (Lipinski definition) is 1. The van der Waals surface area contributed by atoms with Crippen molar-refractivity contribution in [3.05, 3.63) is 47.4 Å². The Labute approximate surface area is 202 Å². The van der Waals surface area contributed by atoms with Crippen molar-refractivity contribution < 1.29 is 27.9 Å². The maximum Gasteiger partial charge on any atom is 0.410 e. The standard InChI is InChI=1S/C23H28ClFN4O5/c1-14(7-9-26-19(30)13-32-16-5-6-17(24)18(25)11-16)20-27-28-21(33-20)15-8-10-29(12-15)22(31)34-23(2,3)4/h5-6,11,15H,1,7-10,12-13H2,2-4H3,(H,26,30)/t15-/m1/s1. The lowest BCUT2D eigenvalue weighted by atomic mass is 10.1. The molecule has 1 aliphatic heterocycles. The number of carbonyl (C=O) groups is 2. The third-order valence-electron chi connectivity index (χ3n) is 4.94. The van der Waals surface area contributed by atoms with Gasteiger partial charge in [-0.1, -0.05) is 18.2 Å². The molecule has 1 saturated heterocycles. The number of amides is 2. The number of rotatable bonds is 8. The summed E-state index contributed by atoms with van der Waals surface area (Å²) in [6, 6.07) is 3.94. The van der Waals surface area contributed by atoms with Gasteiger partial charge in [-0.15, -0.1) is 10.2 Å². The van der Waals surface area contributed by atoms with Crippen LogP contribution in [0.2, 0.25) is 5.02 Å². The summed E-state index contributed by atoms with van der Waals surface area (Å²) in [5.41, 5.74) is 0.0154. The van der Waals surface area contributed by atoms with E-state index in [1.54, 1.807) is 4.90 Å². The molecule has 184 valence electrons. The van der Waals surface area contributed by atoms with E-state index in [-0.39, 0.29) is 47.7 Å². The summed E-state index contributed by atoms with van der Waals surface area (Å²) in [6.07, 6.45) is 0.721. The number of aromatic nitrogens is 2. The van der Waals surface area contributed by atoms with Gasteiger partial charge in [0.25, 0.3) is 5.91 Å². The van der Waals surface area contributed by atoms with Gasteiger partial charge >= 0.3 is 6.09 Å². The Morgan fingerprint density at radius 1 is 1.35 bits per heavy atom. The fraction of sp³-hybridized carbons (Fsp3) is 0.478. The third-order valence-corrected chi connectivity index (χ3v) is 5.25. The summed E-state index contributed by atoms with van der Waals surface area (Å²) >= 11 is 5.61. The number of benzene rings is 1. The average molecular weight is 495 g/mol. The van der Waals surface area contributed by atoms with Crippen LogP contribution in [-0.2, 0) is 9.53 Å². The van der Waals surface area contributed by atoms with Crippen LogP contribution in [-0.4, -0.2) is 58.9 Å². The Hall–Kier alpha value is -3.14. The normalized spacial score (nSPS) is 15.8. The second-order valence-electron chi connectivity index (χ2n) is 8.93. The average Bonchev–Trinajstić information content (AvgIpc) is 3.43. The predicted octanol–water partition coefficient (Wildman–Crippen LogP) is 4.19. The number of halogens is 2. The fourth-order valence-electron chi connectivity index (χ4n) is 3.22. The van der Waals surface area contributed by atoms with Gasteiger partial charge in [-0.2, -0.15) is 0 Å². The SMILES string of the molecule is C=C(CCNC(=O)COc1ccc(Cl)c(F)c1)c1nnc([C@@H]2CCN(C(=O)OC(C)(C)C)C2)o1. The molecule has 0 aliphatic carbocycles.